The lowest BCUT2D eigenvalue weighted by Gasteiger charge is -2.15. The minimum atomic E-state index is -0.121. The summed E-state index contributed by atoms with van der Waals surface area (Å²) in [6.45, 7) is 9.04. The van der Waals surface area contributed by atoms with Gasteiger partial charge in [-0.05, 0) is 5.41 Å². The molecule has 0 unspecified atom stereocenters. The van der Waals surface area contributed by atoms with E-state index in [1.165, 1.54) is 36.2 Å². The van der Waals surface area contributed by atoms with Gasteiger partial charge in [-0.2, -0.15) is 0 Å². The van der Waals surface area contributed by atoms with Gasteiger partial charge in [-0.25, -0.2) is 0 Å². The van der Waals surface area contributed by atoms with Crippen LogP contribution in [0.4, 0.5) is 0 Å². The van der Waals surface area contributed by atoms with Crippen molar-refractivity contribution >= 4 is 64.4 Å². The van der Waals surface area contributed by atoms with Crippen LogP contribution in [0, 0.1) is 5.41 Å². The quantitative estimate of drug-likeness (QED) is 0.496. The Morgan fingerprint density at radius 2 is 1.53 bits per heavy atom. The maximum Gasteiger partial charge on any atom is 0.405 e. The van der Waals surface area contributed by atoms with Gasteiger partial charge in [0.15, 0.2) is 0 Å². The highest BCUT2D eigenvalue weighted by Crippen LogP contribution is 2.17. The Balaban J connectivity index is 0. The van der Waals surface area contributed by atoms with E-state index < -0.39 is 0 Å². The minimum Gasteiger partial charge on any atom is -0.644 e. The van der Waals surface area contributed by atoms with E-state index >= 15 is 0 Å². The summed E-state index contributed by atoms with van der Waals surface area (Å²) in [4.78, 5) is 0. The largest absolute Gasteiger partial charge is 0.644 e. The first-order chi connectivity index (χ1) is 7.97. The summed E-state index contributed by atoms with van der Waals surface area (Å²) >= 11 is 1.75. The maximum absolute atomic E-state index is 5.20. The van der Waals surface area contributed by atoms with Crippen LogP contribution in [0.1, 0.15) is 53.4 Å². The van der Waals surface area contributed by atoms with Gasteiger partial charge in [0.1, 0.15) is 0 Å². The van der Waals surface area contributed by atoms with Crippen molar-refractivity contribution in [1.29, 1.82) is 0 Å². The van der Waals surface area contributed by atoms with E-state index in [0.29, 0.717) is 5.41 Å². The van der Waals surface area contributed by atoms with E-state index in [1.54, 1.807) is 0 Å². The molecular weight excluding hydrogens is 272 g/mol. The van der Waals surface area contributed by atoms with Crippen molar-refractivity contribution in [2.24, 2.45) is 5.41 Å². The van der Waals surface area contributed by atoms with Crippen LogP contribution in [0.5, 0.6) is 0 Å². The first-order valence-electron chi connectivity index (χ1n) is 6.95. The zero-order valence-corrected chi connectivity index (χ0v) is 19.8. The third-order valence-corrected chi connectivity index (χ3v) is 8.27. The molecule has 0 aromatic carbocycles. The van der Waals surface area contributed by atoms with Gasteiger partial charge in [0, 0.05) is 0 Å². The maximum atomic E-state index is 5.20. The zero-order valence-electron chi connectivity index (χ0n) is 13.0. The van der Waals surface area contributed by atoms with E-state index in [1.807, 2.05) is 0 Å². The monoisotopic (exact) mass is 302 g/mol. The van der Waals surface area contributed by atoms with E-state index in [-0.39, 0.29) is 31.1 Å². The predicted octanol–water partition coefficient (Wildman–Crippen LogP) is 1.27. The Bertz CT molecular complexity index is 134. The summed E-state index contributed by atoms with van der Waals surface area (Å²) in [5, 5.41) is 2.72. The number of rotatable bonds is 8. The molecule has 0 N–H and O–H groups in total. The number of hydrogen-bond donors (Lipinski definition) is 0. The Hall–Kier alpha value is 2.05. The molecule has 0 bridgehead atoms. The third kappa shape index (κ3) is 27.3. The second kappa shape index (κ2) is 16.1. The average molecular weight is 302 g/mol. The normalized spacial score (nSPS) is 10.4. The van der Waals surface area contributed by atoms with Crippen molar-refractivity contribution in [1.82, 2.24) is 0 Å². The lowest BCUT2D eigenvalue weighted by atomic mass is 10.0. The van der Waals surface area contributed by atoms with Crippen molar-refractivity contribution in [2.75, 3.05) is 0 Å². The molecule has 17 heavy (non-hydrogen) atoms. The van der Waals surface area contributed by atoms with Crippen LogP contribution in [0.25, 0.3) is 0 Å². The Morgan fingerprint density at radius 1 is 0.941 bits per heavy atom. The molecular formula is C11H30Al4O2. The second-order valence-electron chi connectivity index (χ2n) is 5.71. The fourth-order valence-electron chi connectivity index (χ4n) is 1.26. The van der Waals surface area contributed by atoms with E-state index in [9.17, 15) is 0 Å². The summed E-state index contributed by atoms with van der Waals surface area (Å²) in [5.74, 6) is 0. The molecule has 0 aromatic heterocycles. The van der Waals surface area contributed by atoms with Crippen LogP contribution in [0.2, 0.25) is 10.6 Å². The summed E-state index contributed by atoms with van der Waals surface area (Å²) < 4.78 is 10.4. The van der Waals surface area contributed by atoms with Crippen molar-refractivity contribution < 1.29 is 5.68 Å². The smallest absolute Gasteiger partial charge is 0.405 e. The van der Waals surface area contributed by atoms with Crippen LogP contribution < -0.4 is 0 Å². The predicted molar refractivity (Wildman–Crippen MR) is 86.8 cm³/mol. The number of unbranched alkanes of at least 4 members (excludes halogenated alkanes) is 3. The van der Waals surface area contributed by atoms with E-state index in [4.69, 9.17) is 5.68 Å². The first kappa shape index (κ1) is 21.4. The van der Waals surface area contributed by atoms with Gasteiger partial charge < -0.3 is 5.68 Å². The summed E-state index contributed by atoms with van der Waals surface area (Å²) in [6, 6.07) is 0. The van der Waals surface area contributed by atoms with Crippen LogP contribution in [-0.2, 0) is 5.68 Å². The highest BCUT2D eigenvalue weighted by atomic mass is 27.2. The number of hydrogen-bond acceptors (Lipinski definition) is 2. The van der Waals surface area contributed by atoms with Gasteiger partial charge in [0.25, 0.3) is 0 Å². The minimum absolute atomic E-state index is 0.0445. The molecule has 0 saturated heterocycles. The second-order valence-corrected chi connectivity index (χ2v) is 12.4. The lowest BCUT2D eigenvalue weighted by Crippen LogP contribution is -2.09. The van der Waals surface area contributed by atoms with Crippen LogP contribution in [-0.4, -0.2) is 64.4 Å². The molecule has 0 atom stereocenters. The Labute approximate surface area is 138 Å². The molecule has 0 amide bonds. The third-order valence-electron chi connectivity index (χ3n) is 2.51. The van der Waals surface area contributed by atoms with Gasteiger partial charge in [-0.3, -0.25) is 0 Å². The molecule has 0 saturated carbocycles. The average Bonchev–Trinajstić information content (AvgIpc) is 2.26. The molecule has 0 aliphatic carbocycles. The standard InChI is InChI=1S/C6H13.C5H11.4Al.2O.6H/c1-3-5-6-4-2;1-5(2,3)4;;;;;;;;;;;;/h1,3-6H2,2H3;1H2,2-4H3;;;;;;;;;;;;. The molecule has 0 radical (unpaired) electrons. The van der Waals surface area contributed by atoms with Crippen LogP contribution in [0.15, 0.2) is 0 Å². The van der Waals surface area contributed by atoms with Crippen LogP contribution >= 0.6 is 0 Å². The Kier molecular flexibility index (Phi) is 20.2. The van der Waals surface area contributed by atoms with Crippen molar-refractivity contribution in [3.63, 3.8) is 0 Å². The molecule has 0 aromatic rings. The summed E-state index contributed by atoms with van der Waals surface area (Å²) in [5.41, 5.74) is 0.511. The fourth-order valence-corrected chi connectivity index (χ4v) is 4.40. The molecule has 0 aliphatic rings. The van der Waals surface area contributed by atoms with Gasteiger partial charge >= 0.3 is 64.4 Å². The molecule has 98 valence electrons. The molecule has 0 heterocycles. The fraction of sp³-hybridized carbons (Fsp3) is 1.00. The topological polar surface area (TPSA) is 18.5 Å². The van der Waals surface area contributed by atoms with E-state index in [2.05, 4.69) is 27.7 Å². The molecule has 6 heteroatoms. The van der Waals surface area contributed by atoms with Gasteiger partial charge in [-0.1, -0.05) is 63.9 Å². The molecule has 0 fully saturated rings. The SMILES string of the molecule is CC(C)(C)[CH2][AlH][O][AlH2].CCCCC[CH2][AlH][O][AlH2]. The molecule has 2 nitrogen and oxygen atoms in total. The van der Waals surface area contributed by atoms with E-state index in [0.717, 1.165) is 33.2 Å². The summed E-state index contributed by atoms with van der Waals surface area (Å²) in [7, 11) is 0. The van der Waals surface area contributed by atoms with Crippen molar-refractivity contribution in [2.45, 2.75) is 63.9 Å². The zero-order chi connectivity index (χ0) is 13.6. The van der Waals surface area contributed by atoms with Crippen molar-refractivity contribution in [3.05, 3.63) is 0 Å². The highest BCUT2D eigenvalue weighted by Gasteiger charge is 2.10. The van der Waals surface area contributed by atoms with Crippen LogP contribution in [0.3, 0.4) is 0 Å². The van der Waals surface area contributed by atoms with Gasteiger partial charge in [-0.15, -0.1) is 0 Å². The molecule has 0 rings (SSSR count). The van der Waals surface area contributed by atoms with Gasteiger partial charge in [0.2, 0.25) is 0 Å². The van der Waals surface area contributed by atoms with Crippen molar-refractivity contribution in [3.8, 4) is 0 Å². The molecule has 0 spiro atoms. The Morgan fingerprint density at radius 3 is 1.88 bits per heavy atom. The lowest BCUT2D eigenvalue weighted by molar-refractivity contribution is 0.452. The first-order valence-corrected chi connectivity index (χ1v) is 11.7. The molecule has 0 aliphatic heterocycles. The highest BCUT2D eigenvalue weighted by molar-refractivity contribution is 6.34. The van der Waals surface area contributed by atoms with Gasteiger partial charge in [0.05, 0.1) is 0 Å². The summed E-state index contributed by atoms with van der Waals surface area (Å²) in [6.07, 6.45) is 5.61.